The van der Waals surface area contributed by atoms with Gasteiger partial charge in [0, 0.05) is 6.04 Å². The van der Waals surface area contributed by atoms with Crippen LogP contribution in [0.25, 0.3) is 0 Å². The van der Waals surface area contributed by atoms with Crippen molar-refractivity contribution in [2.45, 2.75) is 37.0 Å². The van der Waals surface area contributed by atoms with Crippen molar-refractivity contribution in [1.82, 2.24) is 20.1 Å². The summed E-state index contributed by atoms with van der Waals surface area (Å²) in [6.07, 6.45) is 2.01. The van der Waals surface area contributed by atoms with E-state index in [-0.39, 0.29) is 29.4 Å². The molecule has 22 heavy (non-hydrogen) atoms. The predicted molar refractivity (Wildman–Crippen MR) is 84.8 cm³/mol. The Morgan fingerprint density at radius 1 is 1.45 bits per heavy atom. The molecule has 0 aliphatic heterocycles. The van der Waals surface area contributed by atoms with Crippen molar-refractivity contribution in [3.05, 3.63) is 46.4 Å². The van der Waals surface area contributed by atoms with Gasteiger partial charge in [-0.15, -0.1) is 5.10 Å². The van der Waals surface area contributed by atoms with Crippen molar-refractivity contribution in [2.24, 2.45) is 0 Å². The van der Waals surface area contributed by atoms with Gasteiger partial charge in [0.2, 0.25) is 5.91 Å². The van der Waals surface area contributed by atoms with E-state index >= 15 is 0 Å². The topological polar surface area (TPSA) is 79.8 Å². The van der Waals surface area contributed by atoms with E-state index in [0.29, 0.717) is 5.16 Å². The van der Waals surface area contributed by atoms with Crippen LogP contribution < -0.4 is 11.0 Å². The number of hydrogen-bond acceptors (Lipinski definition) is 4. The lowest BCUT2D eigenvalue weighted by atomic mass is 10.1. The first-order chi connectivity index (χ1) is 10.6. The van der Waals surface area contributed by atoms with Crippen LogP contribution in [-0.2, 0) is 4.79 Å². The van der Waals surface area contributed by atoms with Gasteiger partial charge in [-0.05, 0) is 25.3 Å². The highest BCUT2D eigenvalue weighted by Crippen LogP contribution is 2.35. The van der Waals surface area contributed by atoms with Crippen LogP contribution in [0, 0.1) is 0 Å². The van der Waals surface area contributed by atoms with Gasteiger partial charge in [0.25, 0.3) is 0 Å². The third-order valence-corrected chi connectivity index (χ3v) is 4.55. The van der Waals surface area contributed by atoms with E-state index in [1.54, 1.807) is 4.57 Å². The fourth-order valence-corrected chi connectivity index (χ4v) is 3.11. The zero-order valence-electron chi connectivity index (χ0n) is 12.3. The van der Waals surface area contributed by atoms with Crippen molar-refractivity contribution in [1.29, 1.82) is 0 Å². The van der Waals surface area contributed by atoms with Gasteiger partial charge in [0.1, 0.15) is 0 Å². The fourth-order valence-electron chi connectivity index (χ4n) is 2.29. The Hall–Kier alpha value is -2.02. The number of nitrogens with one attached hydrogen (secondary N) is 2. The Balaban J connectivity index is 1.56. The van der Waals surface area contributed by atoms with E-state index in [1.165, 1.54) is 11.8 Å². The lowest BCUT2D eigenvalue weighted by molar-refractivity contribution is -0.119. The van der Waals surface area contributed by atoms with Crippen LogP contribution in [0.4, 0.5) is 0 Å². The molecule has 1 aliphatic carbocycles. The Bertz CT molecular complexity index is 706. The van der Waals surface area contributed by atoms with Crippen molar-refractivity contribution in [3.8, 4) is 0 Å². The minimum atomic E-state index is -0.192. The number of H-pyrrole nitrogens is 1. The molecule has 0 bridgehead atoms. The Kier molecular flexibility index (Phi) is 4.33. The van der Waals surface area contributed by atoms with Gasteiger partial charge in [-0.3, -0.25) is 9.36 Å². The molecule has 0 saturated heterocycles. The van der Waals surface area contributed by atoms with Gasteiger partial charge in [0.05, 0.1) is 11.8 Å². The number of carbonyl (C=O) groups excluding carboxylic acids is 1. The number of aromatic nitrogens is 3. The lowest BCUT2D eigenvalue weighted by Gasteiger charge is -2.14. The van der Waals surface area contributed by atoms with Gasteiger partial charge < -0.3 is 5.32 Å². The average molecular weight is 318 g/mol. The van der Waals surface area contributed by atoms with Crippen molar-refractivity contribution in [2.75, 3.05) is 5.75 Å². The second-order valence-corrected chi connectivity index (χ2v) is 6.34. The second-order valence-electron chi connectivity index (χ2n) is 5.40. The van der Waals surface area contributed by atoms with Crippen LogP contribution in [0.1, 0.15) is 37.4 Å². The molecule has 0 spiro atoms. The van der Waals surface area contributed by atoms with Crippen molar-refractivity contribution in [3.63, 3.8) is 0 Å². The standard InChI is InChI=1S/C15H18N4O2S/c1-10(11-5-3-2-4-6-11)16-13(20)9-22-15-18-17-14(21)19(15)12-7-8-12/h2-6,10,12H,7-9H2,1H3,(H,16,20)(H,17,21)/t10-/m0/s1. The van der Waals surface area contributed by atoms with Crippen LogP contribution in [-0.4, -0.2) is 26.4 Å². The van der Waals surface area contributed by atoms with E-state index in [4.69, 9.17) is 0 Å². The molecule has 6 nitrogen and oxygen atoms in total. The van der Waals surface area contributed by atoms with Crippen LogP contribution >= 0.6 is 11.8 Å². The summed E-state index contributed by atoms with van der Waals surface area (Å²) in [6, 6.07) is 10.0. The van der Waals surface area contributed by atoms with Gasteiger partial charge in [0.15, 0.2) is 5.16 Å². The summed E-state index contributed by atoms with van der Waals surface area (Å²) < 4.78 is 1.65. The monoisotopic (exact) mass is 318 g/mol. The molecule has 2 aromatic rings. The molecule has 2 N–H and O–H groups in total. The van der Waals surface area contributed by atoms with Gasteiger partial charge >= 0.3 is 5.69 Å². The SMILES string of the molecule is C[C@H](NC(=O)CSc1n[nH]c(=O)n1C1CC1)c1ccccc1. The number of carbonyl (C=O) groups is 1. The predicted octanol–water partition coefficient (Wildman–Crippen LogP) is 1.88. The molecule has 1 fully saturated rings. The van der Waals surface area contributed by atoms with Crippen molar-refractivity contribution < 1.29 is 4.79 Å². The Labute approximate surface area is 132 Å². The molecule has 0 unspecified atom stereocenters. The van der Waals surface area contributed by atoms with E-state index in [2.05, 4.69) is 15.5 Å². The summed E-state index contributed by atoms with van der Waals surface area (Å²) in [4.78, 5) is 23.7. The highest BCUT2D eigenvalue weighted by molar-refractivity contribution is 7.99. The number of nitrogens with zero attached hydrogens (tertiary/aromatic N) is 2. The first kappa shape index (κ1) is 14.9. The first-order valence-electron chi connectivity index (χ1n) is 7.29. The largest absolute Gasteiger partial charge is 0.349 e. The van der Waals surface area contributed by atoms with Gasteiger partial charge in [-0.25, -0.2) is 9.89 Å². The molecule has 1 heterocycles. The molecule has 7 heteroatoms. The second kappa shape index (κ2) is 6.39. The summed E-state index contributed by atoms with van der Waals surface area (Å²) in [5.74, 6) is 0.174. The number of amides is 1. The number of aromatic amines is 1. The van der Waals surface area contributed by atoms with Crippen molar-refractivity contribution >= 4 is 17.7 Å². The van der Waals surface area contributed by atoms with Crippen LogP contribution in [0.2, 0.25) is 0 Å². The molecule has 0 radical (unpaired) electrons. The average Bonchev–Trinajstić information content (AvgIpc) is 3.29. The highest BCUT2D eigenvalue weighted by atomic mass is 32.2. The molecule has 1 amide bonds. The summed E-state index contributed by atoms with van der Waals surface area (Å²) in [5.41, 5.74) is 0.874. The Morgan fingerprint density at radius 2 is 2.18 bits per heavy atom. The molecule has 116 valence electrons. The minimum Gasteiger partial charge on any atom is -0.349 e. The maximum absolute atomic E-state index is 12.0. The number of benzene rings is 1. The molecule has 1 aromatic heterocycles. The van der Waals surface area contributed by atoms with E-state index in [9.17, 15) is 9.59 Å². The zero-order chi connectivity index (χ0) is 15.5. The van der Waals surface area contributed by atoms with Gasteiger partial charge in [-0.2, -0.15) is 0 Å². The van der Waals surface area contributed by atoms with E-state index in [0.717, 1.165) is 18.4 Å². The lowest BCUT2D eigenvalue weighted by Crippen LogP contribution is -2.28. The minimum absolute atomic E-state index is 0.0425. The summed E-state index contributed by atoms with van der Waals surface area (Å²) in [6.45, 7) is 1.95. The number of hydrogen-bond donors (Lipinski definition) is 2. The van der Waals surface area contributed by atoms with Crippen LogP contribution in [0.3, 0.4) is 0 Å². The normalized spacial score (nSPS) is 15.5. The zero-order valence-corrected chi connectivity index (χ0v) is 13.1. The molecular formula is C15H18N4O2S. The Morgan fingerprint density at radius 3 is 2.86 bits per heavy atom. The maximum Gasteiger partial charge on any atom is 0.344 e. The van der Waals surface area contributed by atoms with E-state index in [1.807, 2.05) is 37.3 Å². The van der Waals surface area contributed by atoms with E-state index < -0.39 is 0 Å². The first-order valence-corrected chi connectivity index (χ1v) is 8.27. The molecule has 1 saturated carbocycles. The van der Waals surface area contributed by atoms with Crippen LogP contribution in [0.5, 0.6) is 0 Å². The number of thioether (sulfide) groups is 1. The summed E-state index contributed by atoms with van der Waals surface area (Å²) in [7, 11) is 0. The molecule has 1 aromatic carbocycles. The quantitative estimate of drug-likeness (QED) is 0.797. The summed E-state index contributed by atoms with van der Waals surface area (Å²) in [5, 5.41) is 9.99. The van der Waals surface area contributed by atoms with Crippen LogP contribution in [0.15, 0.2) is 40.3 Å². The van der Waals surface area contributed by atoms with Gasteiger partial charge in [-0.1, -0.05) is 42.1 Å². The molecule has 3 rings (SSSR count). The highest BCUT2D eigenvalue weighted by Gasteiger charge is 2.28. The third kappa shape index (κ3) is 3.41. The molecule has 1 aliphatic rings. The number of rotatable bonds is 6. The fraction of sp³-hybridized carbons (Fsp3) is 0.400. The maximum atomic E-state index is 12.0. The third-order valence-electron chi connectivity index (χ3n) is 3.59. The molecule has 1 atom stereocenters. The summed E-state index contributed by atoms with van der Waals surface area (Å²) >= 11 is 1.29. The molecular weight excluding hydrogens is 300 g/mol. The smallest absolute Gasteiger partial charge is 0.344 e.